The van der Waals surface area contributed by atoms with Gasteiger partial charge >= 0.3 is 0 Å². The molecule has 0 spiro atoms. The van der Waals surface area contributed by atoms with E-state index in [0.29, 0.717) is 6.54 Å². The fraction of sp³-hybridized carbons (Fsp3) is 0.857. The predicted octanol–water partition coefficient (Wildman–Crippen LogP) is -1.10. The van der Waals surface area contributed by atoms with Gasteiger partial charge in [-0.2, -0.15) is 0 Å². The van der Waals surface area contributed by atoms with Gasteiger partial charge in [-0.1, -0.05) is 0 Å². The zero-order valence-corrected chi connectivity index (χ0v) is 7.42. The van der Waals surface area contributed by atoms with Gasteiger partial charge in [0.25, 0.3) is 5.91 Å². The third-order valence-electron chi connectivity index (χ3n) is 1.26. The zero-order chi connectivity index (χ0) is 8.69. The molecule has 0 aromatic rings. The lowest BCUT2D eigenvalue weighted by Crippen LogP contribution is -2.32. The van der Waals surface area contributed by atoms with Crippen LogP contribution in [0.5, 0.6) is 0 Å². The molecule has 1 amide bonds. The Kier molecular flexibility index (Phi) is 5.78. The molecule has 0 bridgehead atoms. The molecular formula is C7H16N3O. The molecule has 0 unspecified atom stereocenters. The second kappa shape index (κ2) is 6.12. The van der Waals surface area contributed by atoms with Gasteiger partial charge in [0, 0.05) is 20.1 Å². The first-order chi connectivity index (χ1) is 5.16. The number of likely N-dealkylation sites (N-methyl/N-ethyl adjacent to an activating group) is 2. The molecule has 0 fully saturated rings. The van der Waals surface area contributed by atoms with Gasteiger partial charge in [-0.3, -0.25) is 10.1 Å². The zero-order valence-electron chi connectivity index (χ0n) is 7.42. The number of rotatable bonds is 5. The molecule has 0 atom stereocenters. The minimum Gasteiger partial charge on any atom is -0.308 e. The fourth-order valence-electron chi connectivity index (χ4n) is 0.577. The molecule has 65 valence electrons. The molecule has 0 aliphatic rings. The van der Waals surface area contributed by atoms with Crippen molar-refractivity contribution in [2.24, 2.45) is 0 Å². The number of carbonyl (C=O) groups is 1. The van der Waals surface area contributed by atoms with E-state index in [1.165, 1.54) is 7.05 Å². The summed E-state index contributed by atoms with van der Waals surface area (Å²) < 4.78 is 0. The number of hydrogen-bond acceptors (Lipinski definition) is 3. The lowest BCUT2D eigenvalue weighted by molar-refractivity contribution is -0.120. The summed E-state index contributed by atoms with van der Waals surface area (Å²) in [5.41, 5.74) is 0. The first kappa shape index (κ1) is 10.4. The van der Waals surface area contributed by atoms with Crippen LogP contribution in [-0.2, 0) is 4.79 Å². The predicted molar refractivity (Wildman–Crippen MR) is 44.5 cm³/mol. The minimum absolute atomic E-state index is 0.0937. The van der Waals surface area contributed by atoms with Crippen LogP contribution in [0, 0.1) is 0 Å². The second-order valence-corrected chi connectivity index (χ2v) is 2.60. The SMILES string of the molecule is C[N]C(=O)CNCCN(C)C. The van der Waals surface area contributed by atoms with Crippen LogP contribution in [0.2, 0.25) is 0 Å². The van der Waals surface area contributed by atoms with E-state index < -0.39 is 0 Å². The van der Waals surface area contributed by atoms with Crippen molar-refractivity contribution < 1.29 is 4.79 Å². The summed E-state index contributed by atoms with van der Waals surface area (Å²) in [4.78, 5) is 12.7. The van der Waals surface area contributed by atoms with Crippen molar-refractivity contribution in [2.75, 3.05) is 40.8 Å². The highest BCUT2D eigenvalue weighted by Gasteiger charge is 1.96. The average Bonchev–Trinajstić information content (AvgIpc) is 1.97. The molecule has 0 saturated heterocycles. The van der Waals surface area contributed by atoms with Gasteiger partial charge in [-0.05, 0) is 14.1 Å². The van der Waals surface area contributed by atoms with Crippen LogP contribution in [0.25, 0.3) is 0 Å². The van der Waals surface area contributed by atoms with Gasteiger partial charge < -0.3 is 10.2 Å². The maximum absolute atomic E-state index is 10.6. The van der Waals surface area contributed by atoms with Crippen LogP contribution in [0.15, 0.2) is 0 Å². The summed E-state index contributed by atoms with van der Waals surface area (Å²) in [6, 6.07) is 0. The Morgan fingerprint density at radius 2 is 2.18 bits per heavy atom. The minimum atomic E-state index is -0.0937. The molecule has 4 nitrogen and oxygen atoms in total. The molecule has 11 heavy (non-hydrogen) atoms. The number of amides is 1. The smallest absolute Gasteiger partial charge is 0.254 e. The lowest BCUT2D eigenvalue weighted by Gasteiger charge is -2.08. The van der Waals surface area contributed by atoms with Crippen molar-refractivity contribution in [1.82, 2.24) is 15.5 Å². The normalized spacial score (nSPS) is 10.2. The Bertz CT molecular complexity index is 114. The standard InChI is InChI=1S/C7H16N3O/c1-8-7(11)6-9-4-5-10(2)3/h9H,4-6H2,1-3H3. The summed E-state index contributed by atoms with van der Waals surface area (Å²) in [6.07, 6.45) is 0. The summed E-state index contributed by atoms with van der Waals surface area (Å²) in [7, 11) is 5.50. The number of carbonyl (C=O) groups excluding carboxylic acids is 1. The highest BCUT2D eigenvalue weighted by Crippen LogP contribution is 1.70. The summed E-state index contributed by atoms with van der Waals surface area (Å²) in [5, 5.41) is 6.47. The molecule has 0 aromatic carbocycles. The Labute approximate surface area is 67.9 Å². The van der Waals surface area contributed by atoms with Crippen LogP contribution in [0.1, 0.15) is 0 Å². The van der Waals surface area contributed by atoms with Crippen LogP contribution >= 0.6 is 0 Å². The van der Waals surface area contributed by atoms with E-state index >= 15 is 0 Å². The second-order valence-electron chi connectivity index (χ2n) is 2.60. The third kappa shape index (κ3) is 7.29. The van der Waals surface area contributed by atoms with Gasteiger partial charge in [0.1, 0.15) is 0 Å². The van der Waals surface area contributed by atoms with Gasteiger partial charge in [-0.25, -0.2) is 0 Å². The summed E-state index contributed by atoms with van der Waals surface area (Å²) in [6.45, 7) is 2.12. The largest absolute Gasteiger partial charge is 0.308 e. The van der Waals surface area contributed by atoms with Crippen LogP contribution in [0.4, 0.5) is 0 Å². The van der Waals surface area contributed by atoms with Crippen molar-refractivity contribution >= 4 is 5.91 Å². The maximum Gasteiger partial charge on any atom is 0.254 e. The van der Waals surface area contributed by atoms with E-state index in [2.05, 4.69) is 15.5 Å². The molecule has 0 rings (SSSR count). The first-order valence-electron chi connectivity index (χ1n) is 3.65. The highest BCUT2D eigenvalue weighted by atomic mass is 16.1. The van der Waals surface area contributed by atoms with Gasteiger partial charge in [0.2, 0.25) is 0 Å². The van der Waals surface area contributed by atoms with E-state index in [-0.39, 0.29) is 5.91 Å². The van der Waals surface area contributed by atoms with E-state index in [1.54, 1.807) is 0 Å². The van der Waals surface area contributed by atoms with Gasteiger partial charge in [0.05, 0.1) is 6.54 Å². The Morgan fingerprint density at radius 1 is 1.55 bits per heavy atom. The van der Waals surface area contributed by atoms with E-state index in [0.717, 1.165) is 13.1 Å². The average molecular weight is 158 g/mol. The molecule has 4 heteroatoms. The third-order valence-corrected chi connectivity index (χ3v) is 1.26. The van der Waals surface area contributed by atoms with E-state index in [1.807, 2.05) is 14.1 Å². The number of nitrogens with one attached hydrogen (secondary N) is 1. The van der Waals surface area contributed by atoms with E-state index in [4.69, 9.17) is 0 Å². The lowest BCUT2D eigenvalue weighted by atomic mass is 10.5. The Morgan fingerprint density at radius 3 is 2.64 bits per heavy atom. The van der Waals surface area contributed by atoms with Crippen molar-refractivity contribution in [3.05, 3.63) is 0 Å². The fourth-order valence-corrected chi connectivity index (χ4v) is 0.577. The molecule has 0 heterocycles. The van der Waals surface area contributed by atoms with Crippen LogP contribution < -0.4 is 10.6 Å². The molecule has 0 aliphatic heterocycles. The number of hydrogen-bond donors (Lipinski definition) is 1. The van der Waals surface area contributed by atoms with Gasteiger partial charge in [0.15, 0.2) is 0 Å². The van der Waals surface area contributed by atoms with E-state index in [9.17, 15) is 4.79 Å². The monoisotopic (exact) mass is 158 g/mol. The van der Waals surface area contributed by atoms with Crippen molar-refractivity contribution in [3.63, 3.8) is 0 Å². The Hall–Kier alpha value is -0.610. The quantitative estimate of drug-likeness (QED) is 0.517. The van der Waals surface area contributed by atoms with Crippen LogP contribution in [0.3, 0.4) is 0 Å². The number of nitrogens with zero attached hydrogens (tertiary/aromatic N) is 2. The molecule has 0 aliphatic carbocycles. The molecule has 1 radical (unpaired) electrons. The molecular weight excluding hydrogens is 142 g/mol. The molecule has 0 aromatic heterocycles. The van der Waals surface area contributed by atoms with Gasteiger partial charge in [-0.15, -0.1) is 0 Å². The first-order valence-corrected chi connectivity index (χ1v) is 3.65. The van der Waals surface area contributed by atoms with Crippen LogP contribution in [-0.4, -0.2) is 51.6 Å². The topological polar surface area (TPSA) is 46.4 Å². The maximum atomic E-state index is 10.6. The molecule has 1 N–H and O–H groups in total. The van der Waals surface area contributed by atoms with Crippen molar-refractivity contribution in [2.45, 2.75) is 0 Å². The summed E-state index contributed by atoms with van der Waals surface area (Å²) in [5.74, 6) is -0.0937. The van der Waals surface area contributed by atoms with Crippen molar-refractivity contribution in [3.8, 4) is 0 Å². The molecule has 0 saturated carbocycles. The highest BCUT2D eigenvalue weighted by molar-refractivity contribution is 5.77. The van der Waals surface area contributed by atoms with Crippen molar-refractivity contribution in [1.29, 1.82) is 0 Å². The summed E-state index contributed by atoms with van der Waals surface area (Å²) >= 11 is 0. The Balaban J connectivity index is 3.08.